The lowest BCUT2D eigenvalue weighted by Gasteiger charge is -2.04. The number of carbonyl (C=O) groups is 1. The zero-order chi connectivity index (χ0) is 21.1. The Morgan fingerprint density at radius 3 is 2.70 bits per heavy atom. The fourth-order valence-corrected chi connectivity index (χ4v) is 3.22. The molecule has 0 saturated carbocycles. The number of aromatic nitrogens is 3. The Kier molecular flexibility index (Phi) is 5.40. The molecule has 4 aromatic rings. The Morgan fingerprint density at radius 2 is 1.97 bits per heavy atom. The van der Waals surface area contributed by atoms with E-state index in [1.54, 1.807) is 13.3 Å². The van der Waals surface area contributed by atoms with Crippen LogP contribution in [-0.2, 0) is 4.74 Å². The summed E-state index contributed by atoms with van der Waals surface area (Å²) in [6.07, 6.45) is 1.69. The summed E-state index contributed by atoms with van der Waals surface area (Å²) < 4.78 is 6.46. The SMILES string of the molecule is COCCNC(=O)c1c(N)n(/N=C\c2cccc(C)c2)c2nc3ccccc3nc12. The molecule has 8 heteroatoms. The number of nitrogen functional groups attached to an aromatic ring is 1. The van der Waals surface area contributed by atoms with Crippen molar-refractivity contribution in [2.24, 2.45) is 5.10 Å². The van der Waals surface area contributed by atoms with E-state index in [-0.39, 0.29) is 17.3 Å². The van der Waals surface area contributed by atoms with Crippen LogP contribution in [0.3, 0.4) is 0 Å². The van der Waals surface area contributed by atoms with E-state index < -0.39 is 0 Å². The number of nitrogens with two attached hydrogens (primary N) is 1. The van der Waals surface area contributed by atoms with Gasteiger partial charge in [0.1, 0.15) is 16.9 Å². The van der Waals surface area contributed by atoms with Crippen molar-refractivity contribution in [2.45, 2.75) is 6.92 Å². The molecule has 0 aliphatic rings. The Morgan fingerprint density at radius 1 is 1.20 bits per heavy atom. The van der Waals surface area contributed by atoms with Crippen molar-refractivity contribution in [3.8, 4) is 0 Å². The number of benzene rings is 2. The molecule has 2 aromatic carbocycles. The summed E-state index contributed by atoms with van der Waals surface area (Å²) in [4.78, 5) is 22.2. The van der Waals surface area contributed by atoms with E-state index in [2.05, 4.69) is 20.4 Å². The molecule has 0 spiro atoms. The van der Waals surface area contributed by atoms with Crippen LogP contribution >= 0.6 is 0 Å². The maximum atomic E-state index is 12.8. The first-order chi connectivity index (χ1) is 14.6. The van der Waals surface area contributed by atoms with Gasteiger partial charge in [0, 0.05) is 13.7 Å². The summed E-state index contributed by atoms with van der Waals surface area (Å²) in [5.41, 5.74) is 10.8. The summed E-state index contributed by atoms with van der Waals surface area (Å²) in [7, 11) is 1.57. The minimum absolute atomic E-state index is 0.180. The number of fused-ring (bicyclic) bond motifs is 2. The third kappa shape index (κ3) is 3.72. The Hall–Kier alpha value is -3.78. The van der Waals surface area contributed by atoms with Gasteiger partial charge in [0.05, 0.1) is 23.9 Å². The molecule has 0 bridgehead atoms. The number of hydrogen-bond donors (Lipinski definition) is 2. The highest BCUT2D eigenvalue weighted by Gasteiger charge is 2.23. The molecule has 4 rings (SSSR count). The number of anilines is 1. The maximum absolute atomic E-state index is 12.8. The van der Waals surface area contributed by atoms with Gasteiger partial charge in [0.15, 0.2) is 5.65 Å². The topological polar surface area (TPSA) is 107 Å². The van der Waals surface area contributed by atoms with Crippen molar-refractivity contribution in [3.05, 3.63) is 65.2 Å². The molecule has 0 radical (unpaired) electrons. The number of methoxy groups -OCH3 is 1. The fourth-order valence-electron chi connectivity index (χ4n) is 3.22. The number of amides is 1. The molecule has 0 fully saturated rings. The Balaban J connectivity index is 1.86. The predicted octanol–water partition coefficient (Wildman–Crippen LogP) is 2.73. The van der Waals surface area contributed by atoms with Crippen molar-refractivity contribution >= 4 is 40.1 Å². The van der Waals surface area contributed by atoms with Gasteiger partial charge in [-0.25, -0.2) is 9.97 Å². The van der Waals surface area contributed by atoms with Crippen LogP contribution in [0.25, 0.3) is 22.2 Å². The van der Waals surface area contributed by atoms with E-state index >= 15 is 0 Å². The van der Waals surface area contributed by atoms with Crippen LogP contribution in [0.15, 0.2) is 53.6 Å². The Bertz CT molecular complexity index is 1260. The molecule has 2 heterocycles. The number of rotatable bonds is 6. The van der Waals surface area contributed by atoms with Gasteiger partial charge in [-0.05, 0) is 24.6 Å². The molecule has 3 N–H and O–H groups in total. The monoisotopic (exact) mass is 402 g/mol. The second-order valence-corrected chi connectivity index (χ2v) is 6.86. The number of ether oxygens (including phenoxy) is 1. The van der Waals surface area contributed by atoms with Gasteiger partial charge >= 0.3 is 0 Å². The number of para-hydroxylation sites is 2. The van der Waals surface area contributed by atoms with Crippen molar-refractivity contribution in [3.63, 3.8) is 0 Å². The van der Waals surface area contributed by atoms with Crippen LogP contribution in [0.1, 0.15) is 21.5 Å². The number of nitrogens with zero attached hydrogens (tertiary/aromatic N) is 4. The van der Waals surface area contributed by atoms with Crippen molar-refractivity contribution in [2.75, 3.05) is 26.0 Å². The molecule has 0 aliphatic carbocycles. The van der Waals surface area contributed by atoms with Crippen LogP contribution in [-0.4, -0.2) is 47.0 Å². The fraction of sp³-hybridized carbons (Fsp3) is 0.182. The third-order valence-electron chi connectivity index (χ3n) is 4.66. The van der Waals surface area contributed by atoms with Crippen molar-refractivity contribution < 1.29 is 9.53 Å². The molecule has 30 heavy (non-hydrogen) atoms. The number of hydrogen-bond acceptors (Lipinski definition) is 6. The van der Waals surface area contributed by atoms with Crippen molar-refractivity contribution in [1.82, 2.24) is 20.0 Å². The van der Waals surface area contributed by atoms with E-state index in [9.17, 15) is 4.79 Å². The van der Waals surface area contributed by atoms with Gasteiger partial charge < -0.3 is 15.8 Å². The summed E-state index contributed by atoms with van der Waals surface area (Å²) in [6.45, 7) is 2.76. The normalized spacial score (nSPS) is 11.5. The van der Waals surface area contributed by atoms with Gasteiger partial charge in [-0.15, -0.1) is 0 Å². The number of aryl methyl sites for hydroxylation is 1. The molecule has 2 aromatic heterocycles. The molecular formula is C22H22N6O2. The predicted molar refractivity (Wildman–Crippen MR) is 118 cm³/mol. The molecule has 0 unspecified atom stereocenters. The molecule has 152 valence electrons. The molecule has 0 atom stereocenters. The first-order valence-electron chi connectivity index (χ1n) is 9.53. The zero-order valence-corrected chi connectivity index (χ0v) is 16.8. The highest BCUT2D eigenvalue weighted by molar-refractivity contribution is 6.10. The van der Waals surface area contributed by atoms with Crippen LogP contribution in [0.4, 0.5) is 5.82 Å². The lowest BCUT2D eigenvalue weighted by Crippen LogP contribution is -2.27. The summed E-state index contributed by atoms with van der Waals surface area (Å²) in [5, 5.41) is 7.31. The average molecular weight is 402 g/mol. The van der Waals surface area contributed by atoms with Crippen molar-refractivity contribution in [1.29, 1.82) is 0 Å². The first-order valence-corrected chi connectivity index (χ1v) is 9.53. The van der Waals surface area contributed by atoms with Crippen LogP contribution < -0.4 is 11.1 Å². The van der Waals surface area contributed by atoms with E-state index in [0.29, 0.717) is 35.3 Å². The van der Waals surface area contributed by atoms with Crippen LogP contribution in [0.5, 0.6) is 0 Å². The van der Waals surface area contributed by atoms with Gasteiger partial charge in [-0.3, -0.25) is 4.79 Å². The Labute approximate surface area is 173 Å². The lowest BCUT2D eigenvalue weighted by molar-refractivity contribution is 0.0939. The van der Waals surface area contributed by atoms with E-state index in [1.807, 2.05) is 55.5 Å². The first kappa shape index (κ1) is 19.5. The van der Waals surface area contributed by atoms with E-state index in [0.717, 1.165) is 11.1 Å². The van der Waals surface area contributed by atoms with Gasteiger partial charge in [0.2, 0.25) is 0 Å². The van der Waals surface area contributed by atoms with E-state index in [4.69, 9.17) is 10.5 Å². The summed E-state index contributed by atoms with van der Waals surface area (Å²) in [5.74, 6) is -0.164. The highest BCUT2D eigenvalue weighted by atomic mass is 16.5. The largest absolute Gasteiger partial charge is 0.383 e. The molecule has 1 amide bonds. The second-order valence-electron chi connectivity index (χ2n) is 6.86. The lowest BCUT2D eigenvalue weighted by atomic mass is 10.2. The van der Waals surface area contributed by atoms with E-state index in [1.165, 1.54) is 4.68 Å². The van der Waals surface area contributed by atoms with Gasteiger partial charge in [0.25, 0.3) is 5.91 Å². The molecule has 0 saturated heterocycles. The molecular weight excluding hydrogens is 380 g/mol. The summed E-state index contributed by atoms with van der Waals surface area (Å²) in [6, 6.07) is 15.4. The smallest absolute Gasteiger partial charge is 0.257 e. The quantitative estimate of drug-likeness (QED) is 0.381. The third-order valence-corrected chi connectivity index (χ3v) is 4.66. The van der Waals surface area contributed by atoms with Gasteiger partial charge in [-0.2, -0.15) is 9.78 Å². The number of nitrogens with one attached hydrogen (secondary N) is 1. The zero-order valence-electron chi connectivity index (χ0n) is 16.8. The highest BCUT2D eigenvalue weighted by Crippen LogP contribution is 2.27. The summed E-state index contributed by atoms with van der Waals surface area (Å²) >= 11 is 0. The number of carbonyl (C=O) groups excluding carboxylic acids is 1. The minimum Gasteiger partial charge on any atom is -0.383 e. The van der Waals surface area contributed by atoms with Gasteiger partial charge in [-0.1, -0.05) is 42.0 Å². The van der Waals surface area contributed by atoms with Crippen LogP contribution in [0.2, 0.25) is 0 Å². The standard InChI is InChI=1S/C22H22N6O2/c1-14-6-5-7-15(12-14)13-25-28-20(23)18(22(29)24-10-11-30-2)19-21(28)27-17-9-4-3-8-16(17)26-19/h3-9,12-13H,10-11,23H2,1-2H3,(H,24,29)/b25-13-. The molecule has 8 nitrogen and oxygen atoms in total. The maximum Gasteiger partial charge on any atom is 0.257 e. The minimum atomic E-state index is -0.344. The second kappa shape index (κ2) is 8.30. The van der Waals surface area contributed by atoms with Crippen LogP contribution in [0, 0.1) is 6.92 Å². The average Bonchev–Trinajstić information content (AvgIpc) is 3.01. The molecule has 0 aliphatic heterocycles.